The number of aromatic nitrogens is 1. The Morgan fingerprint density at radius 3 is 2.17 bits per heavy atom. The number of aryl methyl sites for hydroxylation is 1. The Kier molecular flexibility index (Phi) is 7.18. The summed E-state index contributed by atoms with van der Waals surface area (Å²) in [6.07, 6.45) is 4.39. The monoisotopic (exact) mass is 253 g/mol. The number of carboxylic acid groups (broad SMARTS) is 2. The minimum absolute atomic E-state index is 0.558. The van der Waals surface area contributed by atoms with Crippen molar-refractivity contribution in [3.8, 4) is 0 Å². The average Bonchev–Trinajstić information content (AvgIpc) is 2.31. The molecule has 0 spiro atoms. The summed E-state index contributed by atoms with van der Waals surface area (Å²) in [4.78, 5) is 19.1. The van der Waals surface area contributed by atoms with Crippen LogP contribution in [-0.4, -0.2) is 33.6 Å². The highest BCUT2D eigenvalue weighted by molar-refractivity contribution is 5.89. The van der Waals surface area contributed by atoms with Gasteiger partial charge in [0.05, 0.1) is 0 Å². The zero-order chi connectivity index (χ0) is 14.0. The Hall–Kier alpha value is -2.70. The molecule has 0 atom stereocenters. The second kappa shape index (κ2) is 8.45. The molecule has 0 unspecified atom stereocenters. The van der Waals surface area contributed by atoms with E-state index in [0.717, 1.165) is 5.69 Å². The average molecular weight is 253 g/mol. The first kappa shape index (κ1) is 15.3. The molecule has 0 aliphatic heterocycles. The molecule has 1 aromatic heterocycles. The summed E-state index contributed by atoms with van der Waals surface area (Å²) in [5.74, 6) is -2.51. The Bertz CT molecular complexity index is 452. The third-order valence-electron chi connectivity index (χ3n) is 1.65. The SMILES string of the molecule is C[n+]1ccccc1C=NO.O=C(O)/C=C\C(=O)O. The van der Waals surface area contributed by atoms with Crippen molar-refractivity contribution < 1.29 is 29.6 Å². The first-order valence-electron chi connectivity index (χ1n) is 4.73. The summed E-state index contributed by atoms with van der Waals surface area (Å²) in [6.45, 7) is 0. The van der Waals surface area contributed by atoms with Crippen LogP contribution >= 0.6 is 0 Å². The minimum Gasteiger partial charge on any atom is -0.478 e. The van der Waals surface area contributed by atoms with Gasteiger partial charge in [-0.2, -0.15) is 0 Å². The van der Waals surface area contributed by atoms with E-state index in [0.29, 0.717) is 12.2 Å². The molecule has 18 heavy (non-hydrogen) atoms. The third-order valence-corrected chi connectivity index (χ3v) is 1.65. The van der Waals surface area contributed by atoms with Gasteiger partial charge < -0.3 is 15.4 Å². The van der Waals surface area contributed by atoms with Gasteiger partial charge in [0.1, 0.15) is 13.3 Å². The highest BCUT2D eigenvalue weighted by atomic mass is 16.4. The molecular formula is C11H13N2O5+. The molecule has 0 radical (unpaired) electrons. The molecule has 7 nitrogen and oxygen atoms in total. The van der Waals surface area contributed by atoms with Crippen LogP contribution in [0.4, 0.5) is 0 Å². The highest BCUT2D eigenvalue weighted by Crippen LogP contribution is 1.84. The first-order valence-corrected chi connectivity index (χ1v) is 4.73. The number of oxime groups is 1. The van der Waals surface area contributed by atoms with Crippen LogP contribution in [0.5, 0.6) is 0 Å². The van der Waals surface area contributed by atoms with E-state index < -0.39 is 11.9 Å². The maximum atomic E-state index is 9.55. The van der Waals surface area contributed by atoms with Gasteiger partial charge in [0.25, 0.3) is 0 Å². The maximum Gasteiger partial charge on any atom is 0.328 e. The quantitative estimate of drug-likeness (QED) is 0.231. The molecule has 0 fully saturated rings. The number of nitrogens with zero attached hydrogens (tertiary/aromatic N) is 2. The van der Waals surface area contributed by atoms with E-state index in [2.05, 4.69) is 5.16 Å². The summed E-state index contributed by atoms with van der Waals surface area (Å²) in [6, 6.07) is 5.66. The summed E-state index contributed by atoms with van der Waals surface area (Å²) < 4.78 is 1.86. The van der Waals surface area contributed by atoms with Gasteiger partial charge in [-0.05, 0) is 6.07 Å². The van der Waals surface area contributed by atoms with E-state index in [9.17, 15) is 9.59 Å². The normalized spacial score (nSPS) is 10.1. The molecule has 0 aliphatic rings. The number of hydrogen-bond acceptors (Lipinski definition) is 4. The van der Waals surface area contributed by atoms with Crippen LogP contribution in [0.1, 0.15) is 5.69 Å². The third kappa shape index (κ3) is 7.57. The number of aliphatic carboxylic acids is 2. The Labute approximate surface area is 103 Å². The lowest BCUT2D eigenvalue weighted by Crippen LogP contribution is -2.32. The summed E-state index contributed by atoms with van der Waals surface area (Å²) in [5.41, 5.74) is 0.866. The van der Waals surface area contributed by atoms with Crippen molar-refractivity contribution in [3.05, 3.63) is 42.2 Å². The van der Waals surface area contributed by atoms with Gasteiger partial charge in [-0.15, -0.1) is 0 Å². The van der Waals surface area contributed by atoms with Crippen LogP contribution in [0.2, 0.25) is 0 Å². The molecule has 0 saturated heterocycles. The fourth-order valence-electron chi connectivity index (χ4n) is 0.872. The standard InChI is InChI=1S/C7H8N2O.C4H4O4/c1-9-5-3-2-4-7(9)6-8-10;5-3(6)1-2-4(7)8/h2-6H,1H3;1-2H,(H,5,6)(H,7,8)/p+1/b;2-1-. The molecule has 0 bridgehead atoms. The lowest BCUT2D eigenvalue weighted by atomic mass is 10.4. The van der Waals surface area contributed by atoms with E-state index in [1.165, 1.54) is 6.21 Å². The van der Waals surface area contributed by atoms with E-state index in [4.69, 9.17) is 15.4 Å². The lowest BCUT2D eigenvalue weighted by molar-refractivity contribution is -0.672. The van der Waals surface area contributed by atoms with E-state index in [-0.39, 0.29) is 0 Å². The number of rotatable bonds is 3. The predicted octanol–water partition coefficient (Wildman–Crippen LogP) is 0.0310. The van der Waals surface area contributed by atoms with Gasteiger partial charge in [0.15, 0.2) is 6.20 Å². The number of carboxylic acids is 2. The Morgan fingerprint density at radius 1 is 1.22 bits per heavy atom. The summed E-state index contributed by atoms with van der Waals surface area (Å²) >= 11 is 0. The first-order chi connectivity index (χ1) is 8.47. The van der Waals surface area contributed by atoms with Crippen LogP contribution in [0.25, 0.3) is 0 Å². The fraction of sp³-hybridized carbons (Fsp3) is 0.0909. The van der Waals surface area contributed by atoms with Crippen molar-refractivity contribution in [2.45, 2.75) is 0 Å². The predicted molar refractivity (Wildman–Crippen MR) is 61.4 cm³/mol. The fourth-order valence-corrected chi connectivity index (χ4v) is 0.872. The van der Waals surface area contributed by atoms with Crippen molar-refractivity contribution >= 4 is 18.2 Å². The molecule has 1 heterocycles. The molecule has 0 amide bonds. The van der Waals surface area contributed by atoms with Crippen molar-refractivity contribution in [1.29, 1.82) is 0 Å². The summed E-state index contributed by atoms with van der Waals surface area (Å²) in [5, 5.41) is 26.7. The Balaban J connectivity index is 0.000000331. The zero-order valence-electron chi connectivity index (χ0n) is 9.59. The van der Waals surface area contributed by atoms with Crippen molar-refractivity contribution in [2.24, 2.45) is 12.2 Å². The van der Waals surface area contributed by atoms with E-state index in [1.54, 1.807) is 0 Å². The van der Waals surface area contributed by atoms with Crippen molar-refractivity contribution in [3.63, 3.8) is 0 Å². The molecular weight excluding hydrogens is 240 g/mol. The van der Waals surface area contributed by atoms with E-state index >= 15 is 0 Å². The highest BCUT2D eigenvalue weighted by Gasteiger charge is 1.98. The molecule has 0 aliphatic carbocycles. The molecule has 7 heteroatoms. The van der Waals surface area contributed by atoms with Crippen molar-refractivity contribution in [1.82, 2.24) is 0 Å². The van der Waals surface area contributed by atoms with Crippen LogP contribution in [0.15, 0.2) is 41.7 Å². The molecule has 1 rings (SSSR count). The molecule has 96 valence electrons. The second-order valence-corrected chi connectivity index (χ2v) is 2.99. The zero-order valence-corrected chi connectivity index (χ0v) is 9.59. The van der Waals surface area contributed by atoms with Crippen LogP contribution in [0, 0.1) is 0 Å². The van der Waals surface area contributed by atoms with Gasteiger partial charge in [-0.25, -0.2) is 14.2 Å². The molecule has 0 aromatic carbocycles. The lowest BCUT2D eigenvalue weighted by Gasteiger charge is -1.88. The number of pyridine rings is 1. The largest absolute Gasteiger partial charge is 0.478 e. The summed E-state index contributed by atoms with van der Waals surface area (Å²) in [7, 11) is 1.89. The smallest absolute Gasteiger partial charge is 0.328 e. The van der Waals surface area contributed by atoms with Gasteiger partial charge >= 0.3 is 11.9 Å². The Morgan fingerprint density at radius 2 is 1.78 bits per heavy atom. The molecule has 1 aromatic rings. The second-order valence-electron chi connectivity index (χ2n) is 2.99. The maximum absolute atomic E-state index is 9.55. The topological polar surface area (TPSA) is 111 Å². The number of carbonyl (C=O) groups is 2. The minimum atomic E-state index is -1.26. The van der Waals surface area contributed by atoms with Crippen LogP contribution in [-0.2, 0) is 16.6 Å². The van der Waals surface area contributed by atoms with Gasteiger partial charge in [0.2, 0.25) is 5.69 Å². The van der Waals surface area contributed by atoms with Gasteiger partial charge in [-0.3, -0.25) is 0 Å². The van der Waals surface area contributed by atoms with E-state index in [1.807, 2.05) is 36.0 Å². The van der Waals surface area contributed by atoms with Gasteiger partial charge in [-0.1, -0.05) is 5.16 Å². The van der Waals surface area contributed by atoms with Crippen molar-refractivity contribution in [2.75, 3.05) is 0 Å². The molecule has 3 N–H and O–H groups in total. The van der Waals surface area contributed by atoms with Crippen LogP contribution < -0.4 is 4.57 Å². The van der Waals surface area contributed by atoms with Gasteiger partial charge in [0, 0.05) is 24.3 Å². The number of hydrogen-bond donors (Lipinski definition) is 3. The van der Waals surface area contributed by atoms with Crippen LogP contribution in [0.3, 0.4) is 0 Å². The molecule has 0 saturated carbocycles.